The van der Waals surface area contributed by atoms with E-state index >= 15 is 0 Å². The predicted molar refractivity (Wildman–Crippen MR) is 222 cm³/mol. The van der Waals surface area contributed by atoms with Crippen LogP contribution in [0.15, 0.2) is 13.5 Å². The van der Waals surface area contributed by atoms with Crippen LogP contribution in [0.1, 0.15) is 59.3 Å². The van der Waals surface area contributed by atoms with E-state index in [0.29, 0.717) is 19.8 Å². The minimum Gasteiger partial charge on any atom is -0.481 e. The maximum atomic E-state index is 12.6. The number of hydrogen-bond donors (Lipinski definition) is 9. The third-order valence-electron chi connectivity index (χ3n) is 7.39. The van der Waals surface area contributed by atoms with Gasteiger partial charge in [0.15, 0.2) is 0 Å². The van der Waals surface area contributed by atoms with Crippen LogP contribution in [-0.4, -0.2) is 184 Å². The summed E-state index contributed by atoms with van der Waals surface area (Å²) in [6.07, 6.45) is -1.15. The fraction of sp³-hybridized carbons (Fsp3) is 0.818. The lowest BCUT2D eigenvalue weighted by Crippen LogP contribution is -2.40. The Morgan fingerprint density at radius 2 is 0.587 bits per heavy atom. The Labute approximate surface area is 364 Å². The Balaban J connectivity index is 4.28. The van der Waals surface area contributed by atoms with Crippen molar-refractivity contribution < 1.29 is 101 Å². The highest BCUT2D eigenvalue weighted by Crippen LogP contribution is 2.76. The molecule has 3 unspecified atom stereocenters. The summed E-state index contributed by atoms with van der Waals surface area (Å²) in [6.45, 7) is 5.49. The van der Waals surface area contributed by atoms with Crippen molar-refractivity contribution >= 4 is 58.6 Å². The van der Waals surface area contributed by atoms with Crippen LogP contribution in [0, 0.1) is 0 Å². The number of rotatable bonds is 42. The van der Waals surface area contributed by atoms with Crippen LogP contribution in [0.5, 0.6) is 0 Å². The summed E-state index contributed by atoms with van der Waals surface area (Å²) >= 11 is 0. The molecule has 0 spiro atoms. The molecule has 30 heteroatoms. The zero-order chi connectivity index (χ0) is 47.2. The fourth-order valence-electron chi connectivity index (χ4n) is 4.74. The zero-order valence-corrected chi connectivity index (χ0v) is 38.3. The molecule has 0 saturated heterocycles. The summed E-state index contributed by atoms with van der Waals surface area (Å²) in [6, 6.07) is -6.22. The van der Waals surface area contributed by atoms with Crippen molar-refractivity contribution in [3.8, 4) is 0 Å². The van der Waals surface area contributed by atoms with E-state index in [1.165, 1.54) is 0 Å². The number of carbonyl (C=O) groups is 6. The highest BCUT2D eigenvalue weighted by atomic mass is 31.3. The largest absolute Gasteiger partial charge is 0.481 e. The van der Waals surface area contributed by atoms with Crippen molar-refractivity contribution in [1.82, 2.24) is 15.3 Å². The molecule has 0 bridgehead atoms. The van der Waals surface area contributed by atoms with Gasteiger partial charge in [0.1, 0.15) is 18.1 Å². The molecule has 0 aromatic carbocycles. The highest BCUT2D eigenvalue weighted by molar-refractivity contribution is 7.81. The number of aliphatic carboxylic acids is 6. The van der Waals surface area contributed by atoms with Crippen LogP contribution in [0.2, 0.25) is 0 Å². The SMILES string of the molecule is CCCOCCOCCOP1(NC(CC(=O)O)C(=O)O)=NP(NC(CC(=O)O)C(=O)O)(OCCOCCOCCC)=NP(NC(CC(=O)O)C(=O)O)(OCCOCCOCCC)=N1. The second kappa shape index (κ2) is 32.6. The number of carboxylic acids is 6. The lowest BCUT2D eigenvalue weighted by molar-refractivity contribution is -0.145. The van der Waals surface area contributed by atoms with Gasteiger partial charge in [-0.15, -0.1) is 0 Å². The van der Waals surface area contributed by atoms with Crippen LogP contribution < -0.4 is 15.3 Å². The fourth-order valence-corrected chi connectivity index (χ4v) is 15.6. The Kier molecular flexibility index (Phi) is 30.1. The minimum atomic E-state index is -4.68. The van der Waals surface area contributed by atoms with E-state index in [1.54, 1.807) is 0 Å². The van der Waals surface area contributed by atoms with E-state index in [9.17, 15) is 59.4 Å². The molecular weight excluding hydrogens is 909 g/mol. The third-order valence-corrected chi connectivity index (χ3v) is 16.8. The number of ether oxygens (including phenoxy) is 6. The molecule has 366 valence electrons. The van der Waals surface area contributed by atoms with Crippen LogP contribution in [0.4, 0.5) is 0 Å². The van der Waals surface area contributed by atoms with Crippen molar-refractivity contribution in [2.45, 2.75) is 77.4 Å². The van der Waals surface area contributed by atoms with Crippen molar-refractivity contribution in [2.75, 3.05) is 99.1 Å². The molecule has 0 fully saturated rings. The molecule has 3 atom stereocenters. The number of carboxylic acid groups (broad SMARTS) is 6. The van der Waals surface area contributed by atoms with Gasteiger partial charge in [-0.25, -0.2) is 15.3 Å². The number of nitrogens with zero attached hydrogens (tertiary/aromatic N) is 3. The average molecular weight is 973 g/mol. The predicted octanol–water partition coefficient (Wildman–Crippen LogP) is 2.77. The topological polar surface area (TPSA) is 380 Å². The van der Waals surface area contributed by atoms with Crippen molar-refractivity contribution in [1.29, 1.82) is 0 Å². The van der Waals surface area contributed by atoms with E-state index in [-0.39, 0.29) is 59.5 Å². The molecule has 63 heavy (non-hydrogen) atoms. The van der Waals surface area contributed by atoms with Gasteiger partial charge >= 0.3 is 35.8 Å². The van der Waals surface area contributed by atoms with E-state index in [0.717, 1.165) is 19.3 Å². The van der Waals surface area contributed by atoms with Crippen molar-refractivity contribution in [3.05, 3.63) is 0 Å². The summed E-state index contributed by atoms with van der Waals surface area (Å²) in [4.78, 5) is 73.7. The molecule has 0 aliphatic carbocycles. The van der Waals surface area contributed by atoms with Gasteiger partial charge in [-0.2, -0.15) is 13.5 Å². The summed E-state index contributed by atoms with van der Waals surface area (Å²) in [5.41, 5.74) is 0. The lowest BCUT2D eigenvalue weighted by atomic mass is 10.2. The van der Waals surface area contributed by atoms with Crippen molar-refractivity contribution in [2.24, 2.45) is 13.5 Å². The Morgan fingerprint density at radius 3 is 0.778 bits per heavy atom. The molecule has 9 N–H and O–H groups in total. The summed E-state index contributed by atoms with van der Waals surface area (Å²) in [7, 11) is -14.0. The van der Waals surface area contributed by atoms with Crippen LogP contribution in [-0.2, 0) is 70.8 Å². The first-order valence-corrected chi connectivity index (χ1v) is 24.8. The molecule has 0 aromatic rings. The van der Waals surface area contributed by atoms with Crippen molar-refractivity contribution in [3.63, 3.8) is 0 Å². The molecule has 0 amide bonds. The first-order valence-electron chi connectivity index (χ1n) is 20.0. The third kappa shape index (κ3) is 25.3. The second-order valence-electron chi connectivity index (χ2n) is 12.9. The van der Waals surface area contributed by atoms with Crippen LogP contribution in [0.3, 0.4) is 0 Å². The van der Waals surface area contributed by atoms with E-state index in [4.69, 9.17) is 42.0 Å². The Bertz CT molecular complexity index is 1410. The maximum absolute atomic E-state index is 12.6. The molecule has 0 saturated carbocycles. The molecule has 0 radical (unpaired) electrons. The van der Waals surface area contributed by atoms with Gasteiger partial charge in [-0.05, 0) is 19.3 Å². The van der Waals surface area contributed by atoms with Gasteiger partial charge in [0.05, 0.1) is 98.5 Å². The minimum absolute atomic E-state index is 0.0593. The molecule has 0 aromatic heterocycles. The average Bonchev–Trinajstić information content (AvgIpc) is 3.19. The van der Waals surface area contributed by atoms with Crippen LogP contribution >= 0.6 is 22.7 Å². The monoisotopic (exact) mass is 972 g/mol. The standard InChI is InChI=1S/C33H63N6O21P3/c1-4-7-52-10-13-55-16-19-58-61(34-25(31(46)47)22-28(40)41)37-62(35-26(32(48)49)23-29(42)43,59-20-17-56-14-11-53-8-5-2)39-63(38-61,36-27(33(50)51)24-30(44)45)60-21-18-57-15-12-54-9-6-3/h25-27,34-36H,4-24H2,1-3H3,(H,40,41)(H,42,43)(H,44,45)(H,46,47)(H,48,49)(H,50,51). The zero-order valence-electron chi connectivity index (χ0n) is 35.6. The second-order valence-corrected chi connectivity index (χ2v) is 19.9. The van der Waals surface area contributed by atoms with Gasteiger partial charge < -0.3 is 72.6 Å². The first kappa shape index (κ1) is 58.0. The summed E-state index contributed by atoms with van der Waals surface area (Å²) < 4.78 is 65.1. The first-order chi connectivity index (χ1) is 30.0. The number of hydrogen-bond acceptors (Lipinski definition) is 21. The summed E-state index contributed by atoms with van der Waals surface area (Å²) in [5.74, 6) is -10.1. The highest BCUT2D eigenvalue weighted by Gasteiger charge is 2.46. The smallest absolute Gasteiger partial charge is 0.321 e. The maximum Gasteiger partial charge on any atom is 0.321 e. The number of nitrogens with one attached hydrogen (secondary N) is 3. The Morgan fingerprint density at radius 1 is 0.381 bits per heavy atom. The molecular formula is C33H63N6O21P3. The van der Waals surface area contributed by atoms with Gasteiger partial charge in [-0.3, -0.25) is 28.8 Å². The quantitative estimate of drug-likeness (QED) is 0.0314. The van der Waals surface area contributed by atoms with Gasteiger partial charge in [0, 0.05) is 19.8 Å². The van der Waals surface area contributed by atoms with E-state index in [1.807, 2.05) is 20.8 Å². The molecule has 1 aliphatic rings. The molecule has 1 heterocycles. The van der Waals surface area contributed by atoms with Crippen LogP contribution in [0.25, 0.3) is 0 Å². The van der Waals surface area contributed by atoms with E-state index in [2.05, 4.69) is 28.8 Å². The van der Waals surface area contributed by atoms with Gasteiger partial charge in [0.2, 0.25) is 0 Å². The summed E-state index contributed by atoms with van der Waals surface area (Å²) in [5, 5.41) is 67.2. The van der Waals surface area contributed by atoms with Gasteiger partial charge in [0.25, 0.3) is 22.7 Å². The van der Waals surface area contributed by atoms with E-state index < -0.39 is 116 Å². The molecule has 27 nitrogen and oxygen atoms in total. The normalized spacial score (nSPS) is 21.0. The molecule has 1 rings (SSSR count). The lowest BCUT2D eigenvalue weighted by Gasteiger charge is -2.37. The van der Waals surface area contributed by atoms with Gasteiger partial charge in [-0.1, -0.05) is 20.8 Å². The molecule has 1 aliphatic heterocycles. The Hall–Kier alpha value is -2.97.